The van der Waals surface area contributed by atoms with Crippen molar-refractivity contribution in [3.63, 3.8) is 0 Å². The van der Waals surface area contributed by atoms with Crippen molar-refractivity contribution in [2.45, 2.75) is 26.4 Å². The van der Waals surface area contributed by atoms with Gasteiger partial charge in [0.25, 0.3) is 0 Å². The molecule has 0 spiro atoms. The highest BCUT2D eigenvalue weighted by Crippen LogP contribution is 2.25. The third-order valence-electron chi connectivity index (χ3n) is 4.04. The molecule has 21 heavy (non-hydrogen) atoms. The van der Waals surface area contributed by atoms with Gasteiger partial charge in [-0.15, -0.1) is 0 Å². The van der Waals surface area contributed by atoms with Crippen LogP contribution in [-0.2, 0) is 16.6 Å². The Morgan fingerprint density at radius 1 is 1.33 bits per heavy atom. The lowest BCUT2D eigenvalue weighted by Gasteiger charge is -2.28. The van der Waals surface area contributed by atoms with E-state index in [9.17, 15) is 8.42 Å². The van der Waals surface area contributed by atoms with Crippen molar-refractivity contribution >= 4 is 15.7 Å². The highest BCUT2D eigenvalue weighted by atomic mass is 32.2. The third kappa shape index (κ3) is 4.18. The van der Waals surface area contributed by atoms with Crippen molar-refractivity contribution in [1.29, 1.82) is 0 Å². The monoisotopic (exact) mass is 311 g/mol. The van der Waals surface area contributed by atoms with Crippen molar-refractivity contribution in [1.82, 2.24) is 9.62 Å². The largest absolute Gasteiger partial charge is 0.373 e. The Labute approximate surface area is 128 Å². The maximum atomic E-state index is 11.5. The van der Waals surface area contributed by atoms with Crippen LogP contribution in [0.25, 0.3) is 0 Å². The van der Waals surface area contributed by atoms with Gasteiger partial charge in [0.05, 0.1) is 5.75 Å². The lowest BCUT2D eigenvalue weighted by Crippen LogP contribution is -2.42. The zero-order chi connectivity index (χ0) is 15.5. The van der Waals surface area contributed by atoms with E-state index in [0.29, 0.717) is 12.6 Å². The Kier molecular flexibility index (Phi) is 5.24. The van der Waals surface area contributed by atoms with Crippen molar-refractivity contribution < 1.29 is 8.42 Å². The van der Waals surface area contributed by atoms with Crippen LogP contribution >= 0.6 is 0 Å². The molecule has 1 aromatic rings. The van der Waals surface area contributed by atoms with Crippen molar-refractivity contribution in [3.05, 3.63) is 29.8 Å². The fraction of sp³-hybridized carbons (Fsp3) is 0.600. The Morgan fingerprint density at radius 3 is 2.76 bits per heavy atom. The number of nitrogens with one attached hydrogen (secondary N) is 1. The zero-order valence-electron chi connectivity index (χ0n) is 13.0. The smallest absolute Gasteiger partial charge is 0.211 e. The quantitative estimate of drug-likeness (QED) is 0.890. The van der Waals surface area contributed by atoms with E-state index in [1.165, 1.54) is 11.3 Å². The summed E-state index contributed by atoms with van der Waals surface area (Å²) in [5.41, 5.74) is 2.56. The second kappa shape index (κ2) is 6.77. The molecule has 0 aliphatic carbocycles. The summed E-state index contributed by atoms with van der Waals surface area (Å²) in [5, 5.41) is 0. The van der Waals surface area contributed by atoms with Crippen LogP contribution in [0.2, 0.25) is 0 Å². The maximum absolute atomic E-state index is 11.5. The van der Waals surface area contributed by atoms with Gasteiger partial charge in [-0.1, -0.05) is 18.2 Å². The van der Waals surface area contributed by atoms with E-state index >= 15 is 0 Å². The number of rotatable bonds is 5. The molecule has 0 amide bonds. The number of para-hydroxylation sites is 1. The predicted molar refractivity (Wildman–Crippen MR) is 87.0 cm³/mol. The zero-order valence-corrected chi connectivity index (χ0v) is 13.9. The molecule has 1 N–H and O–H groups in total. The summed E-state index contributed by atoms with van der Waals surface area (Å²) >= 11 is 0. The average Bonchev–Trinajstić information content (AvgIpc) is 2.57. The van der Waals surface area contributed by atoms with Gasteiger partial charge in [0.15, 0.2) is 0 Å². The van der Waals surface area contributed by atoms with Gasteiger partial charge in [0.2, 0.25) is 10.0 Å². The molecule has 118 valence electrons. The lowest BCUT2D eigenvalue weighted by atomic mass is 10.1. The van der Waals surface area contributed by atoms with Crippen LogP contribution in [0.3, 0.4) is 0 Å². The van der Waals surface area contributed by atoms with Crippen LogP contribution in [-0.4, -0.2) is 51.8 Å². The van der Waals surface area contributed by atoms with Crippen molar-refractivity contribution in [3.8, 4) is 0 Å². The fourth-order valence-electron chi connectivity index (χ4n) is 2.75. The normalized spacial score (nSPS) is 20.1. The lowest BCUT2D eigenvalue weighted by molar-refractivity contribution is 0.213. The van der Waals surface area contributed by atoms with Gasteiger partial charge in [-0.3, -0.25) is 4.90 Å². The molecule has 0 bridgehead atoms. The Hall–Kier alpha value is -1.11. The molecule has 5 nitrogen and oxygen atoms in total. The number of likely N-dealkylation sites (N-methyl/N-ethyl adjacent to an activating group) is 1. The van der Waals surface area contributed by atoms with E-state index in [1.807, 2.05) is 0 Å². The van der Waals surface area contributed by atoms with E-state index in [4.69, 9.17) is 0 Å². The number of fused-ring (bicyclic) bond motifs is 1. The minimum Gasteiger partial charge on any atom is -0.373 e. The minimum atomic E-state index is -3.11. The van der Waals surface area contributed by atoms with Gasteiger partial charge in [-0.05, 0) is 25.5 Å². The summed E-state index contributed by atoms with van der Waals surface area (Å²) in [6.07, 6.45) is 0. The topological polar surface area (TPSA) is 52.7 Å². The molecule has 0 aromatic heterocycles. The first-order chi connectivity index (χ1) is 9.93. The van der Waals surface area contributed by atoms with Crippen LogP contribution in [0.5, 0.6) is 0 Å². The average molecular weight is 311 g/mol. The summed E-state index contributed by atoms with van der Waals surface area (Å²) in [4.78, 5) is 4.61. The van der Waals surface area contributed by atoms with E-state index in [1.54, 1.807) is 6.92 Å². The van der Waals surface area contributed by atoms with Crippen LogP contribution in [0.4, 0.5) is 5.69 Å². The number of hydrogen-bond acceptors (Lipinski definition) is 4. The summed E-state index contributed by atoms with van der Waals surface area (Å²) in [7, 11) is -0.996. The molecule has 1 atom stereocenters. The molecule has 6 heteroatoms. The van der Waals surface area contributed by atoms with Crippen LogP contribution in [0.15, 0.2) is 24.3 Å². The number of benzene rings is 1. The molecular formula is C15H25N3O2S. The number of hydrogen-bond donors (Lipinski definition) is 1. The van der Waals surface area contributed by atoms with E-state index in [2.05, 4.69) is 52.8 Å². The highest BCUT2D eigenvalue weighted by molar-refractivity contribution is 7.89. The molecule has 2 rings (SSSR count). The number of sulfonamides is 1. The molecule has 1 aliphatic heterocycles. The maximum Gasteiger partial charge on any atom is 0.211 e. The van der Waals surface area contributed by atoms with E-state index in [0.717, 1.165) is 19.6 Å². The van der Waals surface area contributed by atoms with Gasteiger partial charge < -0.3 is 4.90 Å². The number of nitrogens with zero attached hydrogens (tertiary/aromatic N) is 2. The molecular weight excluding hydrogens is 286 g/mol. The van der Waals surface area contributed by atoms with Gasteiger partial charge in [-0.25, -0.2) is 13.1 Å². The second-order valence-corrected chi connectivity index (χ2v) is 7.72. The van der Waals surface area contributed by atoms with Gasteiger partial charge in [0, 0.05) is 45.0 Å². The first-order valence-corrected chi connectivity index (χ1v) is 9.08. The Morgan fingerprint density at radius 2 is 2.05 bits per heavy atom. The molecule has 0 radical (unpaired) electrons. The molecule has 0 unspecified atom stereocenters. The highest BCUT2D eigenvalue weighted by Gasteiger charge is 2.22. The minimum absolute atomic E-state index is 0.133. The molecule has 0 saturated carbocycles. The number of anilines is 1. The second-order valence-electron chi connectivity index (χ2n) is 5.63. The summed E-state index contributed by atoms with van der Waals surface area (Å²) < 4.78 is 25.7. The Bertz CT molecular complexity index is 574. The van der Waals surface area contributed by atoms with Crippen molar-refractivity contribution in [2.24, 2.45) is 0 Å². The molecule has 0 fully saturated rings. The fourth-order valence-corrected chi connectivity index (χ4v) is 3.35. The molecule has 1 aromatic carbocycles. The first kappa shape index (κ1) is 16.3. The standard InChI is InChI=1S/C15H25N3O2S/c1-4-21(19,20)16-9-10-18-12-14-7-5-6-8-15(14)17(3)11-13(18)2/h5-8,13,16H,4,9-12H2,1-3H3/t13-/m1/s1. The SMILES string of the molecule is CCS(=O)(=O)NCCN1Cc2ccccc2N(C)C[C@H]1C. The van der Waals surface area contributed by atoms with Crippen LogP contribution in [0.1, 0.15) is 19.4 Å². The third-order valence-corrected chi connectivity index (χ3v) is 5.44. The molecule has 1 heterocycles. The van der Waals surface area contributed by atoms with Crippen molar-refractivity contribution in [2.75, 3.05) is 37.3 Å². The summed E-state index contributed by atoms with van der Waals surface area (Å²) in [5.74, 6) is 0.133. The van der Waals surface area contributed by atoms with Gasteiger partial charge in [0.1, 0.15) is 0 Å². The van der Waals surface area contributed by atoms with E-state index < -0.39 is 10.0 Å². The van der Waals surface area contributed by atoms with Gasteiger partial charge in [-0.2, -0.15) is 0 Å². The summed E-state index contributed by atoms with van der Waals surface area (Å²) in [6.45, 7) is 6.83. The Balaban J connectivity index is 2.04. The molecule has 0 saturated heterocycles. The van der Waals surface area contributed by atoms with Crippen LogP contribution in [0, 0.1) is 0 Å². The summed E-state index contributed by atoms with van der Waals surface area (Å²) in [6, 6.07) is 8.79. The predicted octanol–water partition coefficient (Wildman–Crippen LogP) is 1.27. The van der Waals surface area contributed by atoms with Gasteiger partial charge >= 0.3 is 0 Å². The molecule has 1 aliphatic rings. The van der Waals surface area contributed by atoms with E-state index in [-0.39, 0.29) is 5.75 Å². The first-order valence-electron chi connectivity index (χ1n) is 7.43. The van der Waals surface area contributed by atoms with Crippen LogP contribution < -0.4 is 9.62 Å².